The molecule has 3 aromatic rings. The highest BCUT2D eigenvalue weighted by atomic mass is 16.5. The molecular weight excluding hydrogens is 356 g/mol. The second-order valence-electron chi connectivity index (χ2n) is 6.48. The molecule has 0 aliphatic carbocycles. The fraction of sp³-hybridized carbons (Fsp3) is 0.190. The van der Waals surface area contributed by atoms with E-state index in [0.29, 0.717) is 23.9 Å². The minimum atomic E-state index is -0.138. The lowest BCUT2D eigenvalue weighted by Crippen LogP contribution is -2.43. The van der Waals surface area contributed by atoms with Crippen LogP contribution in [0.5, 0.6) is 11.5 Å². The van der Waals surface area contributed by atoms with Gasteiger partial charge in [-0.05, 0) is 30.3 Å². The third-order valence-corrected chi connectivity index (χ3v) is 4.48. The van der Waals surface area contributed by atoms with Crippen LogP contribution in [0.15, 0.2) is 59.7 Å². The van der Waals surface area contributed by atoms with E-state index in [9.17, 15) is 4.79 Å². The van der Waals surface area contributed by atoms with Gasteiger partial charge in [0.2, 0.25) is 0 Å². The molecule has 2 aromatic carbocycles. The molecule has 2 heterocycles. The fourth-order valence-electron chi connectivity index (χ4n) is 3.08. The van der Waals surface area contributed by atoms with Crippen LogP contribution < -0.4 is 14.9 Å². The molecule has 0 spiro atoms. The maximum absolute atomic E-state index is 11.4. The molecular formula is C21H20N4O3. The van der Waals surface area contributed by atoms with Gasteiger partial charge in [-0.3, -0.25) is 4.79 Å². The number of ether oxygens (including phenoxy) is 2. The van der Waals surface area contributed by atoms with E-state index < -0.39 is 0 Å². The van der Waals surface area contributed by atoms with E-state index >= 15 is 0 Å². The van der Waals surface area contributed by atoms with E-state index in [2.05, 4.69) is 15.5 Å². The molecule has 0 saturated carbocycles. The Bertz CT molecular complexity index is 1060. The first-order chi connectivity index (χ1) is 13.6. The number of fused-ring (bicyclic) bond motifs is 1. The average molecular weight is 376 g/mol. The lowest BCUT2D eigenvalue weighted by atomic mass is 10.1. The zero-order chi connectivity index (χ0) is 19.5. The van der Waals surface area contributed by atoms with Crippen LogP contribution >= 0.6 is 0 Å². The molecule has 0 fully saturated rings. The van der Waals surface area contributed by atoms with Crippen LogP contribution in [0.2, 0.25) is 0 Å². The van der Waals surface area contributed by atoms with Crippen molar-refractivity contribution in [3.05, 3.63) is 65.9 Å². The van der Waals surface area contributed by atoms with E-state index in [1.165, 1.54) is 0 Å². The number of rotatable bonds is 5. The number of amides is 1. The second-order valence-corrected chi connectivity index (χ2v) is 6.48. The number of aromatic nitrogens is 1. The lowest BCUT2D eigenvalue weighted by molar-refractivity contribution is -0.121. The van der Waals surface area contributed by atoms with E-state index in [1.54, 1.807) is 12.0 Å². The highest BCUT2D eigenvalue weighted by molar-refractivity contribution is 6.03. The number of benzene rings is 2. The van der Waals surface area contributed by atoms with Crippen LogP contribution in [-0.4, -0.2) is 42.3 Å². The summed E-state index contributed by atoms with van der Waals surface area (Å²) in [7, 11) is 3.41. The Labute approximate surface area is 162 Å². The van der Waals surface area contributed by atoms with Gasteiger partial charge in [0.25, 0.3) is 5.91 Å². The third kappa shape index (κ3) is 3.59. The summed E-state index contributed by atoms with van der Waals surface area (Å²) in [5, 5.41) is 5.22. The molecule has 0 saturated heterocycles. The smallest absolute Gasteiger partial charge is 0.259 e. The normalized spacial score (nSPS) is 13.9. The summed E-state index contributed by atoms with van der Waals surface area (Å²) in [6.07, 6.45) is 0. The van der Waals surface area contributed by atoms with Crippen molar-refractivity contribution in [2.45, 2.75) is 6.61 Å². The number of para-hydroxylation sites is 1. The highest BCUT2D eigenvalue weighted by Crippen LogP contribution is 2.29. The van der Waals surface area contributed by atoms with Gasteiger partial charge < -0.3 is 14.4 Å². The van der Waals surface area contributed by atoms with Crippen molar-refractivity contribution in [3.8, 4) is 11.5 Å². The Kier molecular flexibility index (Phi) is 4.80. The van der Waals surface area contributed by atoms with E-state index in [4.69, 9.17) is 9.47 Å². The number of carbonyl (C=O) groups excluding carboxylic acids is 1. The van der Waals surface area contributed by atoms with Crippen molar-refractivity contribution < 1.29 is 14.3 Å². The average Bonchev–Trinajstić information content (AvgIpc) is 2.72. The minimum Gasteiger partial charge on any atom is -0.493 e. The van der Waals surface area contributed by atoms with Gasteiger partial charge in [0.05, 0.1) is 24.9 Å². The van der Waals surface area contributed by atoms with E-state index in [1.807, 2.05) is 61.6 Å². The molecule has 7 nitrogen and oxygen atoms in total. The second kappa shape index (κ2) is 7.56. The van der Waals surface area contributed by atoms with Gasteiger partial charge >= 0.3 is 0 Å². The van der Waals surface area contributed by atoms with Gasteiger partial charge in [0.15, 0.2) is 17.3 Å². The molecule has 28 heavy (non-hydrogen) atoms. The largest absolute Gasteiger partial charge is 0.493 e. The van der Waals surface area contributed by atoms with Crippen molar-refractivity contribution in [3.63, 3.8) is 0 Å². The summed E-state index contributed by atoms with van der Waals surface area (Å²) < 4.78 is 11.4. The summed E-state index contributed by atoms with van der Waals surface area (Å²) >= 11 is 0. The molecule has 1 aliphatic heterocycles. The molecule has 1 amide bonds. The van der Waals surface area contributed by atoms with E-state index in [0.717, 1.165) is 22.2 Å². The third-order valence-electron chi connectivity index (χ3n) is 4.48. The Balaban J connectivity index is 1.53. The van der Waals surface area contributed by atoms with Crippen molar-refractivity contribution in [1.82, 2.24) is 15.3 Å². The molecule has 1 N–H and O–H groups in total. The topological polar surface area (TPSA) is 76.0 Å². The van der Waals surface area contributed by atoms with E-state index in [-0.39, 0.29) is 12.5 Å². The van der Waals surface area contributed by atoms with Crippen LogP contribution in [0.4, 0.5) is 0 Å². The van der Waals surface area contributed by atoms with Crippen LogP contribution in [0.25, 0.3) is 10.9 Å². The minimum absolute atomic E-state index is 0.138. The predicted molar refractivity (Wildman–Crippen MR) is 106 cm³/mol. The lowest BCUT2D eigenvalue weighted by Gasteiger charge is -2.24. The van der Waals surface area contributed by atoms with Crippen molar-refractivity contribution in [1.29, 1.82) is 0 Å². The van der Waals surface area contributed by atoms with Gasteiger partial charge in [-0.1, -0.05) is 24.3 Å². The van der Waals surface area contributed by atoms with Crippen molar-refractivity contribution in [2.75, 3.05) is 20.7 Å². The number of pyridine rings is 1. The van der Waals surface area contributed by atoms with Crippen molar-refractivity contribution >= 4 is 22.6 Å². The fourth-order valence-corrected chi connectivity index (χ4v) is 3.08. The first kappa shape index (κ1) is 17.8. The zero-order valence-corrected chi connectivity index (χ0v) is 15.7. The van der Waals surface area contributed by atoms with Gasteiger partial charge in [-0.2, -0.15) is 5.10 Å². The summed E-state index contributed by atoms with van der Waals surface area (Å²) in [5.74, 6) is 1.73. The van der Waals surface area contributed by atoms with Crippen LogP contribution in [0, 0.1) is 0 Å². The molecule has 4 rings (SSSR count). The highest BCUT2D eigenvalue weighted by Gasteiger charge is 2.20. The molecule has 142 valence electrons. The maximum atomic E-state index is 11.4. The maximum Gasteiger partial charge on any atom is 0.259 e. The molecule has 0 bridgehead atoms. The van der Waals surface area contributed by atoms with Gasteiger partial charge in [-0.25, -0.2) is 10.4 Å². The Morgan fingerprint density at radius 3 is 2.79 bits per heavy atom. The quantitative estimate of drug-likeness (QED) is 0.741. The standard InChI is InChI=1S/C21H20N4O3/c1-25-12-20(26)23-24-21(25)15-8-10-18(19(11-15)27-2)28-13-16-9-7-14-5-3-4-6-17(14)22-16/h3-11H,12-13H2,1-2H3,(H,23,26). The van der Waals surface area contributed by atoms with Gasteiger partial charge in [-0.15, -0.1) is 0 Å². The zero-order valence-electron chi connectivity index (χ0n) is 15.7. The number of carbonyl (C=O) groups is 1. The number of methoxy groups -OCH3 is 1. The predicted octanol–water partition coefficient (Wildman–Crippen LogP) is 2.55. The summed E-state index contributed by atoms with van der Waals surface area (Å²) in [5.41, 5.74) is 5.10. The van der Waals surface area contributed by atoms with Crippen molar-refractivity contribution in [2.24, 2.45) is 5.10 Å². The van der Waals surface area contributed by atoms with Crippen LogP contribution in [0.1, 0.15) is 11.3 Å². The number of nitrogens with zero attached hydrogens (tertiary/aromatic N) is 3. The Morgan fingerprint density at radius 2 is 1.96 bits per heavy atom. The molecule has 1 aromatic heterocycles. The number of nitrogens with one attached hydrogen (secondary N) is 1. The first-order valence-corrected chi connectivity index (χ1v) is 8.87. The SMILES string of the molecule is COc1cc(C2=NNC(=O)CN2C)ccc1OCc1ccc2ccccc2n1. The van der Waals surface area contributed by atoms with Gasteiger partial charge in [0.1, 0.15) is 6.61 Å². The summed E-state index contributed by atoms with van der Waals surface area (Å²) in [6, 6.07) is 17.5. The number of hydrazone groups is 1. The number of hydrogen-bond acceptors (Lipinski definition) is 6. The molecule has 7 heteroatoms. The monoisotopic (exact) mass is 376 g/mol. The summed E-state index contributed by atoms with van der Waals surface area (Å²) in [6.45, 7) is 0.588. The molecule has 0 atom stereocenters. The number of hydrogen-bond donors (Lipinski definition) is 1. The van der Waals surface area contributed by atoms with Crippen LogP contribution in [0.3, 0.4) is 0 Å². The molecule has 0 radical (unpaired) electrons. The molecule has 1 aliphatic rings. The Hall–Kier alpha value is -3.61. The Morgan fingerprint density at radius 1 is 1.11 bits per heavy atom. The number of likely N-dealkylation sites (N-methyl/N-ethyl adjacent to an activating group) is 1. The first-order valence-electron chi connectivity index (χ1n) is 8.87. The number of amidine groups is 1. The molecule has 0 unspecified atom stereocenters. The summed E-state index contributed by atoms with van der Waals surface area (Å²) in [4.78, 5) is 17.8. The van der Waals surface area contributed by atoms with Crippen LogP contribution in [-0.2, 0) is 11.4 Å². The van der Waals surface area contributed by atoms with Gasteiger partial charge in [0, 0.05) is 18.0 Å².